The number of hydrogen-bond acceptors (Lipinski definition) is 6. The molecule has 1 heterocycles. The molecule has 17 heavy (non-hydrogen) atoms. The first-order valence-corrected chi connectivity index (χ1v) is 5.29. The van der Waals surface area contributed by atoms with Gasteiger partial charge in [-0.25, -0.2) is 9.97 Å². The Kier molecular flexibility index (Phi) is 4.19. The van der Waals surface area contributed by atoms with E-state index in [0.29, 0.717) is 6.42 Å². The van der Waals surface area contributed by atoms with E-state index in [9.17, 15) is 10.1 Å². The van der Waals surface area contributed by atoms with Gasteiger partial charge in [0.05, 0.1) is 4.92 Å². The molecule has 0 radical (unpaired) electrons. The number of hydrogen-bond donors (Lipinski definition) is 2. The minimum Gasteiger partial charge on any atom is -0.396 e. The van der Waals surface area contributed by atoms with Gasteiger partial charge in [0, 0.05) is 12.1 Å². The molecule has 0 aliphatic carbocycles. The quantitative estimate of drug-likeness (QED) is 0.474. The number of nitrogens with zero attached hydrogens (tertiary/aromatic N) is 3. The maximum absolute atomic E-state index is 10.8. The lowest BCUT2D eigenvalue weighted by atomic mass is 10.0. The second-order valence-electron chi connectivity index (χ2n) is 4.10. The Bertz CT molecular complexity index is 425. The summed E-state index contributed by atoms with van der Waals surface area (Å²) in [7, 11) is 0. The fourth-order valence-corrected chi connectivity index (χ4v) is 1.48. The first-order valence-electron chi connectivity index (χ1n) is 4.91. The van der Waals surface area contributed by atoms with Crippen LogP contribution < -0.4 is 5.32 Å². The molecule has 0 saturated heterocycles. The van der Waals surface area contributed by atoms with Crippen molar-refractivity contribution in [3.05, 3.63) is 21.6 Å². The van der Waals surface area contributed by atoms with E-state index in [1.165, 1.54) is 0 Å². The molecular formula is C9H13ClN4O3. The molecule has 0 saturated carbocycles. The highest BCUT2D eigenvalue weighted by atomic mass is 35.5. The minimum atomic E-state index is -0.639. The van der Waals surface area contributed by atoms with E-state index in [4.69, 9.17) is 16.7 Å². The molecule has 8 heteroatoms. The van der Waals surface area contributed by atoms with Crippen LogP contribution in [0.4, 0.5) is 11.5 Å². The van der Waals surface area contributed by atoms with Crippen LogP contribution in [0.2, 0.25) is 5.15 Å². The normalized spacial score (nSPS) is 11.3. The fraction of sp³-hybridized carbons (Fsp3) is 0.556. The highest BCUT2D eigenvalue weighted by molar-refractivity contribution is 6.31. The second kappa shape index (κ2) is 5.24. The number of rotatable bonds is 5. The average molecular weight is 261 g/mol. The maximum atomic E-state index is 10.8. The van der Waals surface area contributed by atoms with E-state index in [1.54, 1.807) is 13.8 Å². The Morgan fingerprint density at radius 3 is 2.76 bits per heavy atom. The van der Waals surface area contributed by atoms with Gasteiger partial charge in [-0.1, -0.05) is 11.6 Å². The van der Waals surface area contributed by atoms with Crippen LogP contribution in [0.5, 0.6) is 0 Å². The first kappa shape index (κ1) is 13.6. The summed E-state index contributed by atoms with van der Waals surface area (Å²) in [6, 6.07) is 0. The number of nitro groups is 1. The van der Waals surface area contributed by atoms with Crippen LogP contribution in [-0.2, 0) is 0 Å². The number of aromatic nitrogens is 2. The summed E-state index contributed by atoms with van der Waals surface area (Å²) >= 11 is 5.65. The third-order valence-corrected chi connectivity index (χ3v) is 2.43. The smallest absolute Gasteiger partial charge is 0.348 e. The topological polar surface area (TPSA) is 101 Å². The van der Waals surface area contributed by atoms with Crippen molar-refractivity contribution in [1.29, 1.82) is 0 Å². The third kappa shape index (κ3) is 3.50. The van der Waals surface area contributed by atoms with E-state index in [1.807, 2.05) is 0 Å². The van der Waals surface area contributed by atoms with Gasteiger partial charge in [0.2, 0.25) is 11.0 Å². The van der Waals surface area contributed by atoms with Crippen molar-refractivity contribution in [2.45, 2.75) is 25.8 Å². The van der Waals surface area contributed by atoms with Crippen molar-refractivity contribution in [2.24, 2.45) is 0 Å². The Morgan fingerprint density at radius 2 is 2.24 bits per heavy atom. The molecule has 0 fully saturated rings. The largest absolute Gasteiger partial charge is 0.396 e. The molecule has 2 N–H and O–H groups in total. The van der Waals surface area contributed by atoms with Crippen molar-refractivity contribution in [3.8, 4) is 0 Å². The third-order valence-electron chi connectivity index (χ3n) is 2.15. The molecule has 1 aromatic rings. The van der Waals surface area contributed by atoms with Gasteiger partial charge in [-0.15, -0.1) is 0 Å². The molecule has 0 bridgehead atoms. The molecule has 0 spiro atoms. The van der Waals surface area contributed by atoms with Gasteiger partial charge in [0.15, 0.2) is 0 Å². The van der Waals surface area contributed by atoms with Crippen LogP contribution in [0, 0.1) is 10.1 Å². The van der Waals surface area contributed by atoms with Gasteiger partial charge < -0.3 is 10.4 Å². The van der Waals surface area contributed by atoms with E-state index in [-0.39, 0.29) is 23.3 Å². The predicted molar refractivity (Wildman–Crippen MR) is 63.1 cm³/mol. The number of halogens is 1. The van der Waals surface area contributed by atoms with E-state index >= 15 is 0 Å². The minimum absolute atomic E-state index is 0.0351. The summed E-state index contributed by atoms with van der Waals surface area (Å²) in [6.45, 7) is 3.55. The van der Waals surface area contributed by atoms with Gasteiger partial charge in [-0.05, 0) is 20.3 Å². The lowest BCUT2D eigenvalue weighted by molar-refractivity contribution is -0.384. The van der Waals surface area contributed by atoms with Crippen molar-refractivity contribution in [2.75, 3.05) is 11.9 Å². The lowest BCUT2D eigenvalue weighted by Crippen LogP contribution is -2.32. The van der Waals surface area contributed by atoms with Crippen LogP contribution >= 0.6 is 11.6 Å². The van der Waals surface area contributed by atoms with Crippen molar-refractivity contribution < 1.29 is 10.0 Å². The summed E-state index contributed by atoms with van der Waals surface area (Å²) in [5.41, 5.74) is -0.892. The molecular weight excluding hydrogens is 248 g/mol. The molecule has 0 aromatic carbocycles. The standard InChI is InChI=1S/C9H13ClN4O3/c1-9(2,3-4-15)13-8-6(14(16)17)7(10)11-5-12-8/h5,15H,3-4H2,1-2H3,(H,11,12,13). The van der Waals surface area contributed by atoms with Crippen LogP contribution in [0.3, 0.4) is 0 Å². The monoisotopic (exact) mass is 260 g/mol. The van der Waals surface area contributed by atoms with Crippen LogP contribution in [0.1, 0.15) is 20.3 Å². The number of nitrogens with one attached hydrogen (secondary N) is 1. The molecule has 0 unspecified atom stereocenters. The van der Waals surface area contributed by atoms with Gasteiger partial charge in [0.1, 0.15) is 6.33 Å². The molecule has 1 rings (SSSR count). The van der Waals surface area contributed by atoms with Crippen molar-refractivity contribution in [1.82, 2.24) is 9.97 Å². The zero-order valence-electron chi connectivity index (χ0n) is 9.47. The van der Waals surface area contributed by atoms with Gasteiger partial charge in [-0.3, -0.25) is 10.1 Å². The highest BCUT2D eigenvalue weighted by Crippen LogP contribution is 2.30. The maximum Gasteiger partial charge on any atom is 0.348 e. The Balaban J connectivity index is 3.06. The molecule has 7 nitrogen and oxygen atoms in total. The Morgan fingerprint density at radius 1 is 1.59 bits per heavy atom. The molecule has 0 aliphatic heterocycles. The van der Waals surface area contributed by atoms with Crippen LogP contribution in [0.25, 0.3) is 0 Å². The first-order chi connectivity index (χ1) is 7.87. The van der Waals surface area contributed by atoms with E-state index < -0.39 is 10.5 Å². The molecule has 0 amide bonds. The summed E-state index contributed by atoms with van der Waals surface area (Å²) in [4.78, 5) is 17.6. The lowest BCUT2D eigenvalue weighted by Gasteiger charge is -2.25. The predicted octanol–water partition coefficient (Wildman–Crippen LogP) is 1.61. The van der Waals surface area contributed by atoms with Crippen LogP contribution in [0.15, 0.2) is 6.33 Å². The second-order valence-corrected chi connectivity index (χ2v) is 4.46. The highest BCUT2D eigenvalue weighted by Gasteiger charge is 2.26. The summed E-state index contributed by atoms with van der Waals surface area (Å²) in [6.07, 6.45) is 1.57. The summed E-state index contributed by atoms with van der Waals surface area (Å²) in [5, 5.41) is 22.4. The molecule has 1 aromatic heterocycles. The van der Waals surface area contributed by atoms with Gasteiger partial charge in [0.25, 0.3) is 0 Å². The summed E-state index contributed by atoms with van der Waals surface area (Å²) < 4.78 is 0. The van der Waals surface area contributed by atoms with Crippen molar-refractivity contribution >= 4 is 23.1 Å². The zero-order valence-corrected chi connectivity index (χ0v) is 10.2. The molecule has 0 aliphatic rings. The SMILES string of the molecule is CC(C)(CCO)Nc1ncnc(Cl)c1[N+](=O)[O-]. The van der Waals surface area contributed by atoms with Crippen molar-refractivity contribution in [3.63, 3.8) is 0 Å². The molecule has 0 atom stereocenters. The van der Waals surface area contributed by atoms with E-state index in [2.05, 4.69) is 15.3 Å². The number of aliphatic hydroxyl groups is 1. The van der Waals surface area contributed by atoms with E-state index in [0.717, 1.165) is 6.33 Å². The average Bonchev–Trinajstić information content (AvgIpc) is 2.15. The summed E-state index contributed by atoms with van der Waals surface area (Å²) in [5.74, 6) is 0.0495. The van der Waals surface area contributed by atoms with Crippen LogP contribution in [-0.4, -0.2) is 32.1 Å². The number of anilines is 1. The van der Waals surface area contributed by atoms with Gasteiger partial charge >= 0.3 is 5.69 Å². The van der Waals surface area contributed by atoms with Gasteiger partial charge in [-0.2, -0.15) is 0 Å². The fourth-order valence-electron chi connectivity index (χ4n) is 1.27. The zero-order chi connectivity index (χ0) is 13.1. The number of aliphatic hydroxyl groups excluding tert-OH is 1. The Hall–Kier alpha value is -1.47. The Labute approximate surface area is 103 Å². The molecule has 94 valence electrons.